The molecule has 89 valence electrons. The lowest BCUT2D eigenvalue weighted by Gasteiger charge is -2.03. The van der Waals surface area contributed by atoms with Crippen molar-refractivity contribution < 1.29 is 0 Å². The number of hydrogen-bond acceptors (Lipinski definition) is 6. The summed E-state index contributed by atoms with van der Waals surface area (Å²) in [5.41, 5.74) is 1.10. The number of rotatable bonds is 2. The monoisotopic (exact) mass is 281 g/mol. The minimum Gasteiger partial charge on any atom is -0.183 e. The summed E-state index contributed by atoms with van der Waals surface area (Å²) < 4.78 is 2.65. The molecule has 8 nitrogen and oxygen atoms in total. The molecule has 2 heterocycles. The lowest BCUT2D eigenvalue weighted by molar-refractivity contribution is 0.773. The molecular formula is C8H3Cl2N8. The molecule has 0 atom stereocenters. The Kier molecular flexibility index (Phi) is 2.65. The van der Waals surface area contributed by atoms with Gasteiger partial charge in [0, 0.05) is 6.07 Å². The SMILES string of the molecule is Clc1nnnn1-c1[c]c(-n2nnnc2Cl)ccc1. The standard InChI is InChI=1S/C8H3Cl2N8/c9-7-11-13-15-17(7)5-2-1-3-6(4-5)18-8(10)12-14-16-18/h1-3H. The first-order chi connectivity index (χ1) is 8.75. The van der Waals surface area contributed by atoms with Gasteiger partial charge in [0.2, 0.25) is 10.6 Å². The number of benzene rings is 1. The molecule has 3 rings (SSSR count). The molecule has 0 saturated heterocycles. The zero-order chi connectivity index (χ0) is 12.5. The van der Waals surface area contributed by atoms with E-state index in [2.05, 4.69) is 37.1 Å². The van der Waals surface area contributed by atoms with Gasteiger partial charge in [-0.25, -0.2) is 0 Å². The van der Waals surface area contributed by atoms with Gasteiger partial charge in [0.1, 0.15) is 0 Å². The van der Waals surface area contributed by atoms with Crippen LogP contribution >= 0.6 is 23.2 Å². The number of hydrogen-bond donors (Lipinski definition) is 0. The van der Waals surface area contributed by atoms with E-state index in [1.165, 1.54) is 9.36 Å². The fourth-order valence-electron chi connectivity index (χ4n) is 1.34. The van der Waals surface area contributed by atoms with Gasteiger partial charge in [-0.3, -0.25) is 0 Å². The minimum absolute atomic E-state index is 0.131. The second-order valence-corrected chi connectivity index (χ2v) is 3.82. The van der Waals surface area contributed by atoms with E-state index in [0.717, 1.165) is 0 Å². The van der Waals surface area contributed by atoms with Crippen molar-refractivity contribution in [2.24, 2.45) is 0 Å². The molecule has 0 aliphatic rings. The van der Waals surface area contributed by atoms with Crippen LogP contribution in [0.2, 0.25) is 10.6 Å². The summed E-state index contributed by atoms with van der Waals surface area (Å²) in [6.45, 7) is 0. The van der Waals surface area contributed by atoms with Gasteiger partial charge in [-0.05, 0) is 56.2 Å². The summed E-state index contributed by atoms with van der Waals surface area (Å²) in [5.74, 6) is 0. The van der Waals surface area contributed by atoms with E-state index in [0.29, 0.717) is 11.4 Å². The van der Waals surface area contributed by atoms with Crippen LogP contribution in [0.5, 0.6) is 0 Å². The fourth-order valence-corrected chi connectivity index (χ4v) is 1.66. The highest BCUT2D eigenvalue weighted by Crippen LogP contribution is 2.16. The Morgan fingerprint density at radius 1 is 0.889 bits per heavy atom. The maximum atomic E-state index is 5.82. The third-order valence-electron chi connectivity index (χ3n) is 2.08. The molecule has 1 radical (unpaired) electrons. The van der Waals surface area contributed by atoms with Crippen LogP contribution in [0.3, 0.4) is 0 Å². The van der Waals surface area contributed by atoms with Crippen LogP contribution in [0, 0.1) is 6.07 Å². The molecule has 0 spiro atoms. The van der Waals surface area contributed by atoms with Crippen molar-refractivity contribution in [3.05, 3.63) is 34.8 Å². The molecule has 0 amide bonds. The Bertz CT molecular complexity index is 634. The second kappa shape index (κ2) is 4.31. The average Bonchev–Trinajstić information content (AvgIpc) is 2.98. The van der Waals surface area contributed by atoms with Crippen molar-refractivity contribution in [2.45, 2.75) is 0 Å². The number of tetrazole rings is 2. The topological polar surface area (TPSA) is 87.2 Å². The zero-order valence-electron chi connectivity index (χ0n) is 8.57. The zero-order valence-corrected chi connectivity index (χ0v) is 10.1. The predicted molar refractivity (Wildman–Crippen MR) is 60.7 cm³/mol. The summed E-state index contributed by atoms with van der Waals surface area (Å²) >= 11 is 11.6. The molecule has 0 fully saturated rings. The molecule has 10 heteroatoms. The van der Waals surface area contributed by atoms with Crippen LogP contribution < -0.4 is 0 Å². The van der Waals surface area contributed by atoms with E-state index in [4.69, 9.17) is 23.2 Å². The molecule has 18 heavy (non-hydrogen) atoms. The number of aromatic nitrogens is 8. The van der Waals surface area contributed by atoms with E-state index in [9.17, 15) is 0 Å². The first-order valence-electron chi connectivity index (χ1n) is 4.66. The number of halogens is 2. The van der Waals surface area contributed by atoms with E-state index >= 15 is 0 Å². The first-order valence-corrected chi connectivity index (χ1v) is 5.42. The summed E-state index contributed by atoms with van der Waals surface area (Å²) in [5, 5.41) is 21.8. The molecule has 0 unspecified atom stereocenters. The van der Waals surface area contributed by atoms with Gasteiger partial charge in [-0.2, -0.15) is 9.36 Å². The van der Waals surface area contributed by atoms with Gasteiger partial charge in [-0.1, -0.05) is 16.3 Å². The lowest BCUT2D eigenvalue weighted by atomic mass is 10.3. The number of nitrogens with zero attached hydrogens (tertiary/aromatic N) is 8. The lowest BCUT2D eigenvalue weighted by Crippen LogP contribution is -2.02. The van der Waals surface area contributed by atoms with E-state index in [1.54, 1.807) is 18.2 Å². The van der Waals surface area contributed by atoms with E-state index in [1.807, 2.05) is 0 Å². The van der Waals surface area contributed by atoms with E-state index < -0.39 is 0 Å². The molecule has 1 aromatic carbocycles. The maximum Gasteiger partial charge on any atom is 0.248 e. The molecule has 0 saturated carbocycles. The van der Waals surface area contributed by atoms with Crippen LogP contribution in [0.1, 0.15) is 0 Å². The van der Waals surface area contributed by atoms with Gasteiger partial charge >= 0.3 is 0 Å². The Balaban J connectivity index is 2.11. The van der Waals surface area contributed by atoms with Crippen molar-refractivity contribution in [3.8, 4) is 11.4 Å². The van der Waals surface area contributed by atoms with Crippen molar-refractivity contribution in [2.75, 3.05) is 0 Å². The van der Waals surface area contributed by atoms with Gasteiger partial charge in [0.25, 0.3) is 0 Å². The van der Waals surface area contributed by atoms with Crippen molar-refractivity contribution in [1.29, 1.82) is 0 Å². The normalized spacial score (nSPS) is 10.8. The van der Waals surface area contributed by atoms with Crippen LogP contribution in [-0.2, 0) is 0 Å². The Morgan fingerprint density at radius 3 is 1.78 bits per heavy atom. The smallest absolute Gasteiger partial charge is 0.183 e. The van der Waals surface area contributed by atoms with Gasteiger partial charge in [0.15, 0.2) is 0 Å². The second-order valence-electron chi connectivity index (χ2n) is 3.14. The largest absolute Gasteiger partial charge is 0.248 e. The summed E-state index contributed by atoms with van der Waals surface area (Å²) in [6.07, 6.45) is 0. The van der Waals surface area contributed by atoms with Crippen molar-refractivity contribution in [3.63, 3.8) is 0 Å². The third kappa shape index (κ3) is 1.81. The van der Waals surface area contributed by atoms with Gasteiger partial charge in [0.05, 0.1) is 11.4 Å². The maximum absolute atomic E-state index is 5.82. The highest BCUT2D eigenvalue weighted by Gasteiger charge is 2.10. The Morgan fingerprint density at radius 2 is 1.39 bits per heavy atom. The van der Waals surface area contributed by atoms with Crippen molar-refractivity contribution >= 4 is 23.2 Å². The summed E-state index contributed by atoms with van der Waals surface area (Å²) in [7, 11) is 0. The van der Waals surface area contributed by atoms with Gasteiger partial charge in [-0.15, -0.1) is 0 Å². The van der Waals surface area contributed by atoms with Crippen LogP contribution in [-0.4, -0.2) is 40.4 Å². The van der Waals surface area contributed by atoms with Gasteiger partial charge < -0.3 is 0 Å². The van der Waals surface area contributed by atoms with Crippen LogP contribution in [0.25, 0.3) is 11.4 Å². The third-order valence-corrected chi connectivity index (χ3v) is 2.56. The predicted octanol–water partition coefficient (Wildman–Crippen LogP) is 0.745. The molecular weight excluding hydrogens is 279 g/mol. The molecule has 2 aromatic heterocycles. The van der Waals surface area contributed by atoms with Crippen LogP contribution in [0.4, 0.5) is 0 Å². The molecule has 3 aromatic rings. The fraction of sp³-hybridized carbons (Fsp3) is 0. The van der Waals surface area contributed by atoms with E-state index in [-0.39, 0.29) is 10.6 Å². The molecule has 0 bridgehead atoms. The highest BCUT2D eigenvalue weighted by molar-refractivity contribution is 6.28. The first kappa shape index (κ1) is 11.1. The van der Waals surface area contributed by atoms with Crippen LogP contribution in [0.15, 0.2) is 18.2 Å². The summed E-state index contributed by atoms with van der Waals surface area (Å²) in [6, 6.07) is 8.24. The Labute approximate surface area is 110 Å². The quantitative estimate of drug-likeness (QED) is 0.689. The Hall–Kier alpha value is -2.06. The highest BCUT2D eigenvalue weighted by atomic mass is 35.5. The minimum atomic E-state index is 0.131. The molecule has 0 aliphatic carbocycles. The van der Waals surface area contributed by atoms with Crippen molar-refractivity contribution in [1.82, 2.24) is 40.4 Å². The summed E-state index contributed by atoms with van der Waals surface area (Å²) in [4.78, 5) is 0. The average molecular weight is 282 g/mol. The molecule has 0 N–H and O–H groups in total. The molecule has 0 aliphatic heterocycles.